The molecular weight excluding hydrogens is 224 g/mol. The van der Waals surface area contributed by atoms with Gasteiger partial charge in [0.25, 0.3) is 0 Å². The fourth-order valence-corrected chi connectivity index (χ4v) is 2.84. The van der Waals surface area contributed by atoms with Gasteiger partial charge in [-0.05, 0) is 32.0 Å². The lowest BCUT2D eigenvalue weighted by Crippen LogP contribution is -2.43. The highest BCUT2D eigenvalue weighted by molar-refractivity contribution is 5.81. The van der Waals surface area contributed by atoms with Gasteiger partial charge in [0, 0.05) is 24.5 Å². The smallest absolute Gasteiger partial charge is 0.0695 e. The number of likely N-dealkylation sites (N-methyl/N-ethyl adjacent to an activating group) is 1. The van der Waals surface area contributed by atoms with Crippen LogP contribution in [0.1, 0.15) is 18.4 Å². The van der Waals surface area contributed by atoms with E-state index in [1.54, 1.807) is 0 Å². The molecule has 4 nitrogen and oxygen atoms in total. The summed E-state index contributed by atoms with van der Waals surface area (Å²) in [6.07, 6.45) is 4.47. The molecule has 2 heterocycles. The Hall–Kier alpha value is -1.39. The fourth-order valence-electron chi connectivity index (χ4n) is 2.84. The molecule has 0 radical (unpaired) electrons. The number of hydrogen-bond donors (Lipinski definition) is 2. The van der Waals surface area contributed by atoms with Crippen LogP contribution in [0.2, 0.25) is 0 Å². The molecule has 96 valence electrons. The zero-order chi connectivity index (χ0) is 12.4. The maximum Gasteiger partial charge on any atom is 0.0695 e. The van der Waals surface area contributed by atoms with Crippen LogP contribution in [0.3, 0.4) is 0 Å². The van der Waals surface area contributed by atoms with Crippen LogP contribution in [0.25, 0.3) is 10.9 Å². The highest BCUT2D eigenvalue weighted by Gasteiger charge is 2.19. The number of hydrogen-bond acceptors (Lipinski definition) is 3. The highest BCUT2D eigenvalue weighted by Crippen LogP contribution is 2.19. The van der Waals surface area contributed by atoms with Crippen molar-refractivity contribution in [3.63, 3.8) is 0 Å². The molecule has 0 bridgehead atoms. The molecule has 18 heavy (non-hydrogen) atoms. The van der Waals surface area contributed by atoms with Crippen molar-refractivity contribution in [3.8, 4) is 0 Å². The van der Waals surface area contributed by atoms with Crippen LogP contribution in [0, 0.1) is 0 Å². The Bertz CT molecular complexity index is 519. The zero-order valence-corrected chi connectivity index (χ0v) is 10.8. The van der Waals surface area contributed by atoms with Crippen molar-refractivity contribution in [2.45, 2.75) is 25.4 Å². The number of nitrogens with one attached hydrogen (secondary N) is 2. The van der Waals surface area contributed by atoms with E-state index in [0.717, 1.165) is 13.1 Å². The summed E-state index contributed by atoms with van der Waals surface area (Å²) < 4.78 is 0. The van der Waals surface area contributed by atoms with Crippen LogP contribution in [0.5, 0.6) is 0 Å². The molecule has 0 spiro atoms. The molecular formula is C14H20N4. The number of fused-ring (bicyclic) bond motifs is 1. The van der Waals surface area contributed by atoms with Gasteiger partial charge >= 0.3 is 0 Å². The Morgan fingerprint density at radius 1 is 1.50 bits per heavy atom. The molecule has 3 rings (SSSR count). The molecule has 1 unspecified atom stereocenters. The first-order valence-corrected chi connectivity index (χ1v) is 6.67. The molecule has 1 atom stereocenters. The third-order valence-electron chi connectivity index (χ3n) is 3.87. The van der Waals surface area contributed by atoms with E-state index in [-0.39, 0.29) is 0 Å². The monoisotopic (exact) mass is 244 g/mol. The van der Waals surface area contributed by atoms with E-state index in [4.69, 9.17) is 0 Å². The first-order chi connectivity index (χ1) is 8.86. The van der Waals surface area contributed by atoms with Crippen molar-refractivity contribution < 1.29 is 0 Å². The van der Waals surface area contributed by atoms with Gasteiger partial charge in [0.2, 0.25) is 0 Å². The van der Waals surface area contributed by atoms with Crippen molar-refractivity contribution in [2.75, 3.05) is 20.1 Å². The molecule has 1 aliphatic heterocycles. The summed E-state index contributed by atoms with van der Waals surface area (Å²) in [5.74, 6) is 0. The predicted molar refractivity (Wildman–Crippen MR) is 73.5 cm³/mol. The summed E-state index contributed by atoms with van der Waals surface area (Å²) in [5.41, 5.74) is 2.53. The van der Waals surface area contributed by atoms with E-state index < -0.39 is 0 Å². The summed E-state index contributed by atoms with van der Waals surface area (Å²) in [6, 6.07) is 7.06. The summed E-state index contributed by atoms with van der Waals surface area (Å²) in [7, 11) is 2.06. The third-order valence-corrected chi connectivity index (χ3v) is 3.87. The summed E-state index contributed by atoms with van der Waals surface area (Å²) in [6.45, 7) is 3.35. The van der Waals surface area contributed by atoms with E-state index in [9.17, 15) is 0 Å². The summed E-state index contributed by atoms with van der Waals surface area (Å²) in [4.78, 5) is 2.53. The minimum atomic E-state index is 0.639. The summed E-state index contributed by atoms with van der Waals surface area (Å²) >= 11 is 0. The van der Waals surface area contributed by atoms with Gasteiger partial charge < -0.3 is 5.32 Å². The Morgan fingerprint density at radius 2 is 2.44 bits per heavy atom. The van der Waals surface area contributed by atoms with E-state index in [1.165, 1.54) is 35.9 Å². The topological polar surface area (TPSA) is 44.0 Å². The molecule has 1 saturated heterocycles. The minimum Gasteiger partial charge on any atom is -0.316 e. The fraction of sp³-hybridized carbons (Fsp3) is 0.500. The number of likely N-dealkylation sites (tertiary alicyclic amines) is 1. The van der Waals surface area contributed by atoms with Crippen molar-refractivity contribution >= 4 is 10.9 Å². The Balaban J connectivity index is 1.77. The molecule has 4 heteroatoms. The van der Waals surface area contributed by atoms with E-state index >= 15 is 0 Å². The Labute approximate surface area is 107 Å². The number of aromatic nitrogens is 2. The number of H-pyrrole nitrogens is 1. The molecule has 1 aromatic heterocycles. The van der Waals surface area contributed by atoms with E-state index in [2.05, 4.69) is 45.7 Å². The normalized spacial score (nSPS) is 21.5. The second-order valence-corrected chi connectivity index (χ2v) is 5.11. The SMILES string of the molecule is CNC1CCCN(Cc2cccc3cn[nH]c23)C1. The van der Waals surface area contributed by atoms with Gasteiger partial charge in [-0.2, -0.15) is 5.10 Å². The molecule has 0 aliphatic carbocycles. The molecule has 1 fully saturated rings. The maximum atomic E-state index is 4.13. The Morgan fingerprint density at radius 3 is 3.33 bits per heavy atom. The first-order valence-electron chi connectivity index (χ1n) is 6.67. The van der Waals surface area contributed by atoms with Gasteiger partial charge in [0.1, 0.15) is 0 Å². The quantitative estimate of drug-likeness (QED) is 0.864. The van der Waals surface area contributed by atoms with E-state index in [0.29, 0.717) is 6.04 Å². The lowest BCUT2D eigenvalue weighted by Gasteiger charge is -2.32. The third kappa shape index (κ3) is 2.26. The van der Waals surface area contributed by atoms with Crippen LogP contribution in [0.15, 0.2) is 24.4 Å². The van der Waals surface area contributed by atoms with Gasteiger partial charge in [-0.15, -0.1) is 0 Å². The number of para-hydroxylation sites is 1. The van der Waals surface area contributed by atoms with Gasteiger partial charge in [0.05, 0.1) is 11.7 Å². The summed E-state index contributed by atoms with van der Waals surface area (Å²) in [5, 5.41) is 11.8. The van der Waals surface area contributed by atoms with E-state index in [1.807, 2.05) is 6.20 Å². The molecule has 2 aromatic rings. The number of benzene rings is 1. The van der Waals surface area contributed by atoms with Crippen LogP contribution >= 0.6 is 0 Å². The number of piperidine rings is 1. The largest absolute Gasteiger partial charge is 0.316 e. The lowest BCUT2D eigenvalue weighted by molar-refractivity contribution is 0.188. The number of rotatable bonds is 3. The lowest BCUT2D eigenvalue weighted by atomic mass is 10.0. The number of nitrogens with zero attached hydrogens (tertiary/aromatic N) is 2. The molecule has 0 saturated carbocycles. The van der Waals surface area contributed by atoms with Crippen molar-refractivity contribution in [1.82, 2.24) is 20.4 Å². The molecule has 1 aromatic carbocycles. The second-order valence-electron chi connectivity index (χ2n) is 5.11. The molecule has 2 N–H and O–H groups in total. The van der Waals surface area contributed by atoms with Gasteiger partial charge in [-0.3, -0.25) is 10.00 Å². The standard InChI is InChI=1S/C14H20N4/c1-15-13-6-3-7-18(10-13)9-12-5-2-4-11-8-16-17-14(11)12/h2,4-5,8,13,15H,3,6-7,9-10H2,1H3,(H,16,17). The van der Waals surface area contributed by atoms with Gasteiger partial charge in [-0.1, -0.05) is 18.2 Å². The average Bonchev–Trinajstić information content (AvgIpc) is 2.88. The highest BCUT2D eigenvalue weighted by atomic mass is 15.2. The predicted octanol–water partition coefficient (Wildman–Crippen LogP) is 1.75. The Kier molecular flexibility index (Phi) is 3.30. The molecule has 0 amide bonds. The van der Waals surface area contributed by atoms with Crippen LogP contribution in [-0.4, -0.2) is 41.3 Å². The van der Waals surface area contributed by atoms with Crippen molar-refractivity contribution in [3.05, 3.63) is 30.0 Å². The maximum absolute atomic E-state index is 4.13. The van der Waals surface area contributed by atoms with Crippen LogP contribution in [-0.2, 0) is 6.54 Å². The zero-order valence-electron chi connectivity index (χ0n) is 10.8. The van der Waals surface area contributed by atoms with Crippen LogP contribution < -0.4 is 5.32 Å². The van der Waals surface area contributed by atoms with Gasteiger partial charge in [0.15, 0.2) is 0 Å². The molecule has 1 aliphatic rings. The first kappa shape index (κ1) is 11.7. The van der Waals surface area contributed by atoms with Crippen LogP contribution in [0.4, 0.5) is 0 Å². The average molecular weight is 244 g/mol. The van der Waals surface area contributed by atoms with Crippen molar-refractivity contribution in [2.24, 2.45) is 0 Å². The minimum absolute atomic E-state index is 0.639. The van der Waals surface area contributed by atoms with Crippen molar-refractivity contribution in [1.29, 1.82) is 0 Å². The van der Waals surface area contributed by atoms with Gasteiger partial charge in [-0.25, -0.2) is 0 Å². The second kappa shape index (κ2) is 5.08. The number of aromatic amines is 1.